The van der Waals surface area contributed by atoms with E-state index in [9.17, 15) is 15.0 Å². The Morgan fingerprint density at radius 1 is 1.27 bits per heavy atom. The first kappa shape index (κ1) is 19.7. The Bertz CT molecular complexity index is 818. The lowest BCUT2D eigenvalue weighted by Crippen LogP contribution is -2.17. The molecule has 0 bridgehead atoms. The smallest absolute Gasteiger partial charge is 0.271 e. The Hall–Kier alpha value is -2.63. The number of rotatable bonds is 7. The van der Waals surface area contributed by atoms with E-state index in [4.69, 9.17) is 11.6 Å². The van der Waals surface area contributed by atoms with Crippen LogP contribution in [0.4, 0.5) is 0 Å². The van der Waals surface area contributed by atoms with Crippen molar-refractivity contribution in [3.63, 3.8) is 0 Å². The Kier molecular flexibility index (Phi) is 7.38. The fourth-order valence-electron chi connectivity index (χ4n) is 2.15. The minimum Gasteiger partial charge on any atom is -0.506 e. The summed E-state index contributed by atoms with van der Waals surface area (Å²) in [5.41, 5.74) is 4.53. The number of hydrazone groups is 1. The first-order valence-corrected chi connectivity index (χ1v) is 8.64. The summed E-state index contributed by atoms with van der Waals surface area (Å²) in [6.45, 7) is 1.94. The van der Waals surface area contributed by atoms with Gasteiger partial charge >= 0.3 is 0 Å². The third kappa shape index (κ3) is 6.02. The van der Waals surface area contributed by atoms with Crippen LogP contribution >= 0.6 is 11.6 Å². The molecule has 1 unspecified atom stereocenters. The number of nitrogens with zero attached hydrogens (tertiary/aromatic N) is 1. The quantitative estimate of drug-likeness (QED) is 0.507. The highest BCUT2D eigenvalue weighted by Crippen LogP contribution is 2.23. The summed E-state index contributed by atoms with van der Waals surface area (Å²) in [6.07, 6.45) is 6.43. The van der Waals surface area contributed by atoms with Gasteiger partial charge in [-0.15, -0.1) is 0 Å². The normalized spacial score (nSPS) is 12.6. The summed E-state index contributed by atoms with van der Waals surface area (Å²) >= 11 is 5.79. The van der Waals surface area contributed by atoms with Gasteiger partial charge in [0.2, 0.25) is 0 Å². The van der Waals surface area contributed by atoms with Crippen LogP contribution in [0, 0.1) is 0 Å². The van der Waals surface area contributed by atoms with Crippen LogP contribution in [-0.4, -0.2) is 28.4 Å². The van der Waals surface area contributed by atoms with Gasteiger partial charge in [0.25, 0.3) is 5.91 Å². The van der Waals surface area contributed by atoms with Gasteiger partial charge in [0.15, 0.2) is 0 Å². The van der Waals surface area contributed by atoms with E-state index in [1.54, 1.807) is 0 Å². The number of amides is 1. The Labute approximate surface area is 157 Å². The molecular formula is C20H21ClN2O3. The molecule has 6 heteroatoms. The molecule has 5 nitrogen and oxygen atoms in total. The van der Waals surface area contributed by atoms with Gasteiger partial charge in [0, 0.05) is 5.56 Å². The molecule has 136 valence electrons. The maximum atomic E-state index is 12.0. The van der Waals surface area contributed by atoms with Crippen molar-refractivity contribution in [1.29, 1.82) is 0 Å². The molecule has 2 aromatic rings. The maximum absolute atomic E-state index is 12.0. The minimum atomic E-state index is -0.423. The molecule has 0 aliphatic rings. The highest BCUT2D eigenvalue weighted by atomic mass is 35.5. The number of carbonyl (C=O) groups excluding carboxylic acids is 1. The van der Waals surface area contributed by atoms with E-state index in [2.05, 4.69) is 10.5 Å². The fourth-order valence-corrected chi connectivity index (χ4v) is 2.33. The molecule has 0 radical (unpaired) electrons. The van der Waals surface area contributed by atoms with Crippen molar-refractivity contribution >= 4 is 29.8 Å². The summed E-state index contributed by atoms with van der Waals surface area (Å²) < 4.78 is 0. The average molecular weight is 373 g/mol. The van der Waals surface area contributed by atoms with E-state index in [1.165, 1.54) is 24.4 Å². The fraction of sp³-hybridized carbons (Fsp3) is 0.200. The van der Waals surface area contributed by atoms with E-state index in [-0.39, 0.29) is 16.9 Å². The SMILES string of the molecule is CCC(O)C/C=C/c1cccc(/C=N/NC(=O)c2ccc(O)c(Cl)c2)c1. The Balaban J connectivity index is 1.96. The van der Waals surface area contributed by atoms with Crippen LogP contribution in [0.25, 0.3) is 6.08 Å². The summed E-state index contributed by atoms with van der Waals surface area (Å²) in [5, 5.41) is 23.0. The van der Waals surface area contributed by atoms with Gasteiger partial charge in [0.1, 0.15) is 5.75 Å². The number of nitrogens with one attached hydrogen (secondary N) is 1. The zero-order valence-electron chi connectivity index (χ0n) is 14.4. The lowest BCUT2D eigenvalue weighted by molar-refractivity contribution is 0.0955. The van der Waals surface area contributed by atoms with Crippen LogP contribution < -0.4 is 5.43 Å². The lowest BCUT2D eigenvalue weighted by Gasteiger charge is -2.03. The van der Waals surface area contributed by atoms with Crippen LogP contribution in [0.1, 0.15) is 41.3 Å². The zero-order chi connectivity index (χ0) is 18.9. The second kappa shape index (κ2) is 9.75. The number of aromatic hydroxyl groups is 1. The molecule has 0 saturated carbocycles. The number of hydrogen-bond acceptors (Lipinski definition) is 4. The van der Waals surface area contributed by atoms with Crippen molar-refractivity contribution in [3.05, 3.63) is 70.3 Å². The summed E-state index contributed by atoms with van der Waals surface area (Å²) in [5.74, 6) is -0.504. The summed E-state index contributed by atoms with van der Waals surface area (Å²) in [7, 11) is 0. The number of carbonyl (C=O) groups is 1. The van der Waals surface area contributed by atoms with Crippen molar-refractivity contribution in [1.82, 2.24) is 5.43 Å². The van der Waals surface area contributed by atoms with Crippen LogP contribution in [0.15, 0.2) is 53.6 Å². The lowest BCUT2D eigenvalue weighted by atomic mass is 10.1. The second-order valence-corrected chi connectivity index (χ2v) is 6.14. The van der Waals surface area contributed by atoms with E-state index in [1.807, 2.05) is 43.3 Å². The van der Waals surface area contributed by atoms with E-state index in [0.29, 0.717) is 12.0 Å². The van der Waals surface area contributed by atoms with Gasteiger partial charge in [-0.25, -0.2) is 5.43 Å². The van der Waals surface area contributed by atoms with Crippen molar-refractivity contribution < 1.29 is 15.0 Å². The summed E-state index contributed by atoms with van der Waals surface area (Å²) in [6, 6.07) is 11.8. The van der Waals surface area contributed by atoms with Crippen LogP contribution in [0.3, 0.4) is 0 Å². The molecule has 26 heavy (non-hydrogen) atoms. The standard InChI is InChI=1S/C20H21ClN2O3/c1-2-17(24)8-4-6-14-5-3-7-15(11-14)13-22-23-20(26)16-9-10-19(25)18(21)12-16/h3-7,9-13,17,24-25H,2,8H2,1H3,(H,23,26)/b6-4+,22-13+. The van der Waals surface area contributed by atoms with E-state index in [0.717, 1.165) is 17.5 Å². The van der Waals surface area contributed by atoms with Gasteiger partial charge in [-0.1, -0.05) is 48.9 Å². The topological polar surface area (TPSA) is 81.9 Å². The molecule has 3 N–H and O–H groups in total. The maximum Gasteiger partial charge on any atom is 0.271 e. The first-order chi connectivity index (χ1) is 12.5. The predicted molar refractivity (Wildman–Crippen MR) is 105 cm³/mol. The van der Waals surface area contributed by atoms with Crippen molar-refractivity contribution in [2.75, 3.05) is 0 Å². The molecule has 2 aromatic carbocycles. The number of benzene rings is 2. The van der Waals surface area contributed by atoms with Crippen LogP contribution in [0.2, 0.25) is 5.02 Å². The number of aliphatic hydroxyl groups is 1. The first-order valence-electron chi connectivity index (χ1n) is 8.26. The third-order valence-electron chi connectivity index (χ3n) is 3.69. The van der Waals surface area contributed by atoms with E-state index < -0.39 is 5.91 Å². The molecule has 1 atom stereocenters. The average Bonchev–Trinajstić information content (AvgIpc) is 2.64. The zero-order valence-corrected chi connectivity index (χ0v) is 15.1. The van der Waals surface area contributed by atoms with Gasteiger partial charge in [-0.3, -0.25) is 4.79 Å². The highest BCUT2D eigenvalue weighted by Gasteiger charge is 2.07. The number of phenolic OH excluding ortho intramolecular Hbond substituents is 1. The van der Waals surface area contributed by atoms with Gasteiger partial charge < -0.3 is 10.2 Å². The molecule has 0 saturated heterocycles. The molecule has 1 amide bonds. The molecular weight excluding hydrogens is 352 g/mol. The molecule has 2 rings (SSSR count). The molecule has 0 fully saturated rings. The number of hydrogen-bond donors (Lipinski definition) is 3. The molecule has 0 aliphatic carbocycles. The van der Waals surface area contributed by atoms with Crippen LogP contribution in [0.5, 0.6) is 5.75 Å². The number of halogens is 1. The highest BCUT2D eigenvalue weighted by molar-refractivity contribution is 6.32. The molecule has 0 heterocycles. The molecule has 0 aliphatic heterocycles. The van der Waals surface area contributed by atoms with E-state index >= 15 is 0 Å². The van der Waals surface area contributed by atoms with Crippen molar-refractivity contribution in [2.45, 2.75) is 25.9 Å². The largest absolute Gasteiger partial charge is 0.506 e. The second-order valence-electron chi connectivity index (χ2n) is 5.74. The Morgan fingerprint density at radius 3 is 2.77 bits per heavy atom. The third-order valence-corrected chi connectivity index (χ3v) is 3.99. The van der Waals surface area contributed by atoms with Crippen molar-refractivity contribution in [3.8, 4) is 5.75 Å². The van der Waals surface area contributed by atoms with Crippen molar-refractivity contribution in [2.24, 2.45) is 5.10 Å². The van der Waals surface area contributed by atoms with Gasteiger partial charge in [-0.2, -0.15) is 5.10 Å². The molecule has 0 spiro atoms. The van der Waals surface area contributed by atoms with Gasteiger partial charge in [-0.05, 0) is 48.2 Å². The number of phenols is 1. The monoisotopic (exact) mass is 372 g/mol. The number of aliphatic hydroxyl groups excluding tert-OH is 1. The summed E-state index contributed by atoms with van der Waals surface area (Å²) in [4.78, 5) is 12.0. The molecule has 0 aromatic heterocycles. The predicted octanol–water partition coefficient (Wildman–Crippen LogP) is 3.98. The Morgan fingerprint density at radius 2 is 2.04 bits per heavy atom. The van der Waals surface area contributed by atoms with Crippen LogP contribution in [-0.2, 0) is 0 Å². The minimum absolute atomic E-state index is 0.0805. The van der Waals surface area contributed by atoms with Gasteiger partial charge in [0.05, 0.1) is 17.3 Å².